The summed E-state index contributed by atoms with van der Waals surface area (Å²) in [6, 6.07) is 7.99. The van der Waals surface area contributed by atoms with E-state index < -0.39 is 0 Å². The van der Waals surface area contributed by atoms with Crippen molar-refractivity contribution in [2.45, 2.75) is 42.7 Å². The van der Waals surface area contributed by atoms with Crippen LogP contribution in [0.25, 0.3) is 0 Å². The molecule has 2 unspecified atom stereocenters. The van der Waals surface area contributed by atoms with Crippen molar-refractivity contribution >= 4 is 39.8 Å². The lowest BCUT2D eigenvalue weighted by molar-refractivity contribution is -0.115. The largest absolute Gasteiger partial charge is 0.383 e. The summed E-state index contributed by atoms with van der Waals surface area (Å²) in [5.74, 6) is 0.369. The van der Waals surface area contributed by atoms with Crippen LogP contribution >= 0.6 is 23.1 Å². The van der Waals surface area contributed by atoms with Crippen molar-refractivity contribution < 1.29 is 9.53 Å². The lowest BCUT2D eigenvalue weighted by Gasteiger charge is -2.17. The van der Waals surface area contributed by atoms with Crippen LogP contribution in [0.2, 0.25) is 0 Å². The minimum Gasteiger partial charge on any atom is -0.383 e. The van der Waals surface area contributed by atoms with Crippen molar-refractivity contribution in [1.29, 1.82) is 0 Å². The Morgan fingerprint density at radius 1 is 1.31 bits per heavy atom. The first-order valence-corrected chi connectivity index (χ1v) is 10.4. The fourth-order valence-corrected chi connectivity index (χ4v) is 4.21. The van der Waals surface area contributed by atoms with Gasteiger partial charge >= 0.3 is 0 Å². The molecule has 8 heteroatoms. The molecule has 6 nitrogen and oxygen atoms in total. The van der Waals surface area contributed by atoms with E-state index in [2.05, 4.69) is 40.7 Å². The summed E-state index contributed by atoms with van der Waals surface area (Å²) in [4.78, 5) is 12.6. The van der Waals surface area contributed by atoms with Crippen molar-refractivity contribution in [3.8, 4) is 0 Å². The fourth-order valence-electron chi connectivity index (χ4n) is 2.29. The molecule has 2 N–H and O–H groups in total. The zero-order chi connectivity index (χ0) is 18.9. The first-order valence-electron chi connectivity index (χ1n) is 8.67. The smallest absolute Gasteiger partial charge is 0.237 e. The normalized spacial score (nSPS) is 13.2. The summed E-state index contributed by atoms with van der Waals surface area (Å²) in [6.45, 7) is 7.48. The molecule has 0 saturated heterocycles. The van der Waals surface area contributed by atoms with Crippen LogP contribution in [0.1, 0.15) is 38.7 Å². The summed E-state index contributed by atoms with van der Waals surface area (Å²) in [5, 5.41) is 14.9. The van der Waals surface area contributed by atoms with Gasteiger partial charge < -0.3 is 15.4 Å². The number of amides is 1. The number of carbonyl (C=O) groups excluding carboxylic acids is 1. The topological polar surface area (TPSA) is 76.1 Å². The fraction of sp³-hybridized carbons (Fsp3) is 0.500. The van der Waals surface area contributed by atoms with Crippen LogP contribution in [0, 0.1) is 0 Å². The zero-order valence-corrected chi connectivity index (χ0v) is 17.2. The third kappa shape index (κ3) is 5.96. The highest BCUT2D eigenvalue weighted by Crippen LogP contribution is 2.31. The molecular weight excluding hydrogens is 368 g/mol. The van der Waals surface area contributed by atoms with Gasteiger partial charge in [0.05, 0.1) is 11.9 Å². The van der Waals surface area contributed by atoms with Gasteiger partial charge in [0, 0.05) is 19.3 Å². The van der Waals surface area contributed by atoms with Crippen LogP contribution < -0.4 is 10.6 Å². The molecule has 2 atom stereocenters. The predicted octanol–water partition coefficient (Wildman–Crippen LogP) is 4.23. The number of nitrogens with zero attached hydrogens (tertiary/aromatic N) is 2. The number of benzene rings is 1. The van der Waals surface area contributed by atoms with E-state index in [0.29, 0.717) is 19.1 Å². The Hall–Kier alpha value is -1.64. The van der Waals surface area contributed by atoms with Crippen LogP contribution in [0.5, 0.6) is 0 Å². The van der Waals surface area contributed by atoms with E-state index in [0.717, 1.165) is 21.6 Å². The molecule has 0 saturated carbocycles. The molecule has 0 aliphatic heterocycles. The molecular formula is C18H26N4O2S2. The SMILES string of the molecule is CCC(C)c1ccccc1NC(=O)C(C)Sc1nnc(NCCOC)s1. The van der Waals surface area contributed by atoms with Crippen molar-refractivity contribution in [2.24, 2.45) is 0 Å². The molecule has 2 aromatic rings. The Balaban J connectivity index is 1.94. The maximum Gasteiger partial charge on any atom is 0.237 e. The third-order valence-corrected chi connectivity index (χ3v) is 6.06. The van der Waals surface area contributed by atoms with E-state index in [9.17, 15) is 4.79 Å². The Labute approximate surface area is 163 Å². The van der Waals surface area contributed by atoms with Gasteiger partial charge in [-0.15, -0.1) is 10.2 Å². The molecule has 142 valence electrons. The van der Waals surface area contributed by atoms with Crippen molar-refractivity contribution in [3.63, 3.8) is 0 Å². The van der Waals surface area contributed by atoms with Crippen LogP contribution in [-0.2, 0) is 9.53 Å². The molecule has 0 fully saturated rings. The highest BCUT2D eigenvalue weighted by atomic mass is 32.2. The van der Waals surface area contributed by atoms with Crippen molar-refractivity contribution in [2.75, 3.05) is 30.9 Å². The first-order chi connectivity index (χ1) is 12.5. The molecule has 1 aromatic carbocycles. The van der Waals surface area contributed by atoms with Gasteiger partial charge in [0.25, 0.3) is 0 Å². The average Bonchev–Trinajstić information content (AvgIpc) is 3.09. The molecule has 1 heterocycles. The summed E-state index contributed by atoms with van der Waals surface area (Å²) in [7, 11) is 1.66. The van der Waals surface area contributed by atoms with Gasteiger partial charge in [-0.1, -0.05) is 55.1 Å². The summed E-state index contributed by atoms with van der Waals surface area (Å²) in [6.07, 6.45) is 1.03. The van der Waals surface area contributed by atoms with Gasteiger partial charge in [-0.3, -0.25) is 4.79 Å². The van der Waals surface area contributed by atoms with Gasteiger partial charge in [-0.2, -0.15) is 0 Å². The molecule has 0 radical (unpaired) electrons. The summed E-state index contributed by atoms with van der Waals surface area (Å²) in [5.41, 5.74) is 2.06. The monoisotopic (exact) mass is 394 g/mol. The van der Waals surface area contributed by atoms with E-state index in [4.69, 9.17) is 4.74 Å². The van der Waals surface area contributed by atoms with Crippen LogP contribution in [0.15, 0.2) is 28.6 Å². The molecule has 0 aliphatic carbocycles. The number of rotatable bonds is 10. The number of carbonyl (C=O) groups is 1. The molecule has 0 aliphatic rings. The van der Waals surface area contributed by atoms with E-state index in [1.165, 1.54) is 28.7 Å². The second kappa shape index (κ2) is 10.5. The number of hydrogen-bond acceptors (Lipinski definition) is 7. The molecule has 1 aromatic heterocycles. The van der Waals surface area contributed by atoms with Gasteiger partial charge in [-0.25, -0.2) is 0 Å². The highest BCUT2D eigenvalue weighted by Gasteiger charge is 2.19. The molecule has 1 amide bonds. The lowest BCUT2D eigenvalue weighted by Crippen LogP contribution is -2.23. The first kappa shape index (κ1) is 20.7. The number of hydrogen-bond donors (Lipinski definition) is 2. The third-order valence-electron chi connectivity index (χ3n) is 4.00. The Morgan fingerprint density at radius 3 is 2.81 bits per heavy atom. The number of methoxy groups -OCH3 is 1. The summed E-state index contributed by atoms with van der Waals surface area (Å²) >= 11 is 2.85. The molecule has 26 heavy (non-hydrogen) atoms. The molecule has 2 rings (SSSR count). The van der Waals surface area contributed by atoms with Gasteiger partial charge in [0.15, 0.2) is 4.34 Å². The molecule has 0 bridgehead atoms. The van der Waals surface area contributed by atoms with Gasteiger partial charge in [-0.05, 0) is 30.9 Å². The van der Waals surface area contributed by atoms with Crippen LogP contribution in [0.3, 0.4) is 0 Å². The second-order valence-electron chi connectivity index (χ2n) is 5.94. The number of para-hydroxylation sites is 1. The minimum absolute atomic E-state index is 0.0326. The number of nitrogens with one attached hydrogen (secondary N) is 2. The maximum absolute atomic E-state index is 12.6. The Kier molecular flexibility index (Phi) is 8.34. The van der Waals surface area contributed by atoms with E-state index in [1.807, 2.05) is 25.1 Å². The van der Waals surface area contributed by atoms with Crippen LogP contribution in [-0.4, -0.2) is 41.6 Å². The number of anilines is 2. The predicted molar refractivity (Wildman–Crippen MR) is 109 cm³/mol. The standard InChI is InChI=1S/C18H26N4O2S2/c1-5-12(2)14-8-6-7-9-15(14)20-16(23)13(3)25-18-22-21-17(26-18)19-10-11-24-4/h6-9,12-13H,5,10-11H2,1-4H3,(H,19,21)(H,20,23). The quantitative estimate of drug-likeness (QED) is 0.464. The minimum atomic E-state index is -0.264. The van der Waals surface area contributed by atoms with Crippen molar-refractivity contribution in [1.82, 2.24) is 10.2 Å². The maximum atomic E-state index is 12.6. The van der Waals surface area contributed by atoms with Gasteiger partial charge in [0.2, 0.25) is 11.0 Å². The van der Waals surface area contributed by atoms with E-state index >= 15 is 0 Å². The van der Waals surface area contributed by atoms with Crippen LogP contribution in [0.4, 0.5) is 10.8 Å². The lowest BCUT2D eigenvalue weighted by atomic mass is 9.97. The molecule has 0 spiro atoms. The van der Waals surface area contributed by atoms with Gasteiger partial charge in [0.1, 0.15) is 0 Å². The average molecular weight is 395 g/mol. The Morgan fingerprint density at radius 2 is 2.08 bits per heavy atom. The van der Waals surface area contributed by atoms with E-state index in [1.54, 1.807) is 7.11 Å². The van der Waals surface area contributed by atoms with Crippen molar-refractivity contribution in [3.05, 3.63) is 29.8 Å². The Bertz CT molecular complexity index is 708. The number of thioether (sulfide) groups is 1. The van der Waals surface area contributed by atoms with E-state index in [-0.39, 0.29) is 11.2 Å². The number of aromatic nitrogens is 2. The summed E-state index contributed by atoms with van der Waals surface area (Å²) < 4.78 is 5.76. The second-order valence-corrected chi connectivity index (χ2v) is 8.50. The zero-order valence-electron chi connectivity index (χ0n) is 15.6. The number of ether oxygens (including phenoxy) is 1. The highest BCUT2D eigenvalue weighted by molar-refractivity contribution is 8.02.